The van der Waals surface area contributed by atoms with E-state index in [1.807, 2.05) is 18.2 Å². The summed E-state index contributed by atoms with van der Waals surface area (Å²) in [4.78, 5) is 25.2. The summed E-state index contributed by atoms with van der Waals surface area (Å²) in [5.74, 6) is -0.131. The van der Waals surface area contributed by atoms with Crippen LogP contribution in [-0.4, -0.2) is 53.2 Å². The second-order valence-corrected chi connectivity index (χ2v) is 8.50. The van der Waals surface area contributed by atoms with Gasteiger partial charge in [-0.1, -0.05) is 17.7 Å². The second-order valence-electron chi connectivity index (χ2n) is 8.09. The number of benzene rings is 2. The van der Waals surface area contributed by atoms with Crippen molar-refractivity contribution in [2.24, 2.45) is 0 Å². The Labute approximate surface area is 183 Å². The molecule has 1 spiro atoms. The summed E-state index contributed by atoms with van der Waals surface area (Å²) >= 11 is 5.90. The normalized spacial score (nSPS) is 18.5. The molecule has 1 N–H and O–H groups in total. The van der Waals surface area contributed by atoms with Gasteiger partial charge in [0.15, 0.2) is 5.82 Å². The zero-order chi connectivity index (χ0) is 21.6. The van der Waals surface area contributed by atoms with Crippen molar-refractivity contribution < 1.29 is 13.9 Å². The maximum atomic E-state index is 14.4. The molecule has 2 aromatic carbocycles. The van der Waals surface area contributed by atoms with E-state index in [1.165, 1.54) is 12.4 Å². The number of likely N-dealkylation sites (tertiary alicyclic amines) is 1. The van der Waals surface area contributed by atoms with Gasteiger partial charge in [0.1, 0.15) is 17.7 Å². The van der Waals surface area contributed by atoms with Crippen molar-refractivity contribution in [3.8, 4) is 0 Å². The van der Waals surface area contributed by atoms with Crippen LogP contribution in [0.1, 0.15) is 12.8 Å². The summed E-state index contributed by atoms with van der Waals surface area (Å²) < 4.78 is 20.2. The fraction of sp³-hybridized carbons (Fsp3) is 0.318. The summed E-state index contributed by atoms with van der Waals surface area (Å²) in [5.41, 5.74) is 1.13. The molecule has 2 aliphatic heterocycles. The molecule has 7 nitrogen and oxygen atoms in total. The fourth-order valence-corrected chi connectivity index (χ4v) is 4.32. The summed E-state index contributed by atoms with van der Waals surface area (Å²) in [6.45, 7) is 2.29. The van der Waals surface area contributed by atoms with Gasteiger partial charge < -0.3 is 15.0 Å². The Morgan fingerprint density at radius 2 is 2.00 bits per heavy atom. The molecule has 1 amide bonds. The topological polar surface area (TPSA) is 70.6 Å². The average Bonchev–Trinajstić information content (AvgIpc) is 3.09. The third-order valence-corrected chi connectivity index (χ3v) is 6.30. The maximum Gasteiger partial charge on any atom is 0.415 e. The molecule has 0 bridgehead atoms. The summed E-state index contributed by atoms with van der Waals surface area (Å²) in [6, 6.07) is 10.2. The van der Waals surface area contributed by atoms with Crippen LogP contribution in [0.25, 0.3) is 10.9 Å². The van der Waals surface area contributed by atoms with Crippen LogP contribution in [0, 0.1) is 5.82 Å². The van der Waals surface area contributed by atoms with Crippen LogP contribution in [0.2, 0.25) is 5.02 Å². The standard InChI is InChI=1S/C22H21ClFN5O2/c1-28-9-7-22(8-10-28)12-29(21(30)31-22)14-5-6-17-15(11-14)20(26-13-25-17)27-18-4-2-3-16(23)19(18)24/h2-6,11,13H,7-10,12H2,1H3,(H,25,26,27). The number of carbonyl (C=O) groups is 1. The van der Waals surface area contributed by atoms with Gasteiger partial charge in [-0.05, 0) is 37.4 Å². The van der Waals surface area contributed by atoms with Gasteiger partial charge in [0.25, 0.3) is 0 Å². The molecule has 0 unspecified atom stereocenters. The predicted molar refractivity (Wildman–Crippen MR) is 118 cm³/mol. The van der Waals surface area contributed by atoms with Gasteiger partial charge in [0, 0.05) is 37.0 Å². The van der Waals surface area contributed by atoms with Gasteiger partial charge in [-0.15, -0.1) is 0 Å². The minimum absolute atomic E-state index is 0.0206. The zero-order valence-electron chi connectivity index (χ0n) is 16.9. The highest BCUT2D eigenvalue weighted by atomic mass is 35.5. The van der Waals surface area contributed by atoms with Crippen molar-refractivity contribution in [1.29, 1.82) is 0 Å². The van der Waals surface area contributed by atoms with Crippen LogP contribution in [0.3, 0.4) is 0 Å². The lowest BCUT2D eigenvalue weighted by molar-refractivity contribution is 0.00678. The van der Waals surface area contributed by atoms with Gasteiger partial charge in [-0.2, -0.15) is 0 Å². The van der Waals surface area contributed by atoms with Crippen LogP contribution in [-0.2, 0) is 4.74 Å². The van der Waals surface area contributed by atoms with E-state index in [1.54, 1.807) is 17.0 Å². The quantitative estimate of drug-likeness (QED) is 0.641. The largest absolute Gasteiger partial charge is 0.441 e. The van der Waals surface area contributed by atoms with E-state index in [0.717, 1.165) is 25.9 Å². The number of hydrogen-bond donors (Lipinski definition) is 1. The zero-order valence-corrected chi connectivity index (χ0v) is 17.7. The van der Waals surface area contributed by atoms with Gasteiger partial charge >= 0.3 is 6.09 Å². The van der Waals surface area contributed by atoms with Crippen LogP contribution in [0.4, 0.5) is 26.4 Å². The smallest absolute Gasteiger partial charge is 0.415 e. The lowest BCUT2D eigenvalue weighted by Crippen LogP contribution is -2.45. The Morgan fingerprint density at radius 3 is 2.81 bits per heavy atom. The third kappa shape index (κ3) is 3.66. The highest BCUT2D eigenvalue weighted by Gasteiger charge is 2.47. The molecular weight excluding hydrogens is 421 g/mol. The molecule has 0 saturated carbocycles. The molecule has 0 aliphatic carbocycles. The second kappa shape index (κ2) is 7.62. The van der Waals surface area contributed by atoms with E-state index >= 15 is 0 Å². The average molecular weight is 442 g/mol. The van der Waals surface area contributed by atoms with Gasteiger partial charge in [0.05, 0.1) is 22.8 Å². The lowest BCUT2D eigenvalue weighted by atomic mass is 9.91. The minimum atomic E-state index is -0.556. The number of hydrogen-bond acceptors (Lipinski definition) is 6. The van der Waals surface area contributed by atoms with Crippen molar-refractivity contribution in [2.45, 2.75) is 18.4 Å². The van der Waals surface area contributed by atoms with Crippen LogP contribution >= 0.6 is 11.6 Å². The third-order valence-electron chi connectivity index (χ3n) is 6.00. The molecule has 2 aliphatic rings. The minimum Gasteiger partial charge on any atom is -0.441 e. The van der Waals surface area contributed by atoms with Crippen molar-refractivity contribution in [2.75, 3.05) is 36.9 Å². The summed E-state index contributed by atoms with van der Waals surface area (Å²) in [6.07, 6.45) is 2.67. The number of nitrogens with one attached hydrogen (secondary N) is 1. The number of fused-ring (bicyclic) bond motifs is 1. The first-order valence-corrected chi connectivity index (χ1v) is 10.5. The predicted octanol–water partition coefficient (Wildman–Crippen LogP) is 4.59. The van der Waals surface area contributed by atoms with E-state index in [9.17, 15) is 9.18 Å². The molecule has 160 valence electrons. The van der Waals surface area contributed by atoms with Gasteiger partial charge in [0.2, 0.25) is 0 Å². The van der Waals surface area contributed by atoms with E-state index < -0.39 is 11.4 Å². The van der Waals surface area contributed by atoms with Crippen LogP contribution in [0.5, 0.6) is 0 Å². The summed E-state index contributed by atoms with van der Waals surface area (Å²) in [5, 5.41) is 3.68. The van der Waals surface area contributed by atoms with E-state index in [0.29, 0.717) is 29.0 Å². The molecule has 3 heterocycles. The van der Waals surface area contributed by atoms with Crippen molar-refractivity contribution >= 4 is 45.8 Å². The number of aromatic nitrogens is 2. The fourth-order valence-electron chi connectivity index (χ4n) is 4.15. The first kappa shape index (κ1) is 20.0. The molecule has 5 rings (SSSR count). The Balaban J connectivity index is 1.48. The Bertz CT molecular complexity index is 1170. The SMILES string of the molecule is CN1CCC2(CC1)CN(c1ccc3ncnc(Nc4cccc(Cl)c4F)c3c1)C(=O)O2. The maximum absolute atomic E-state index is 14.4. The van der Waals surface area contributed by atoms with Crippen LogP contribution in [0.15, 0.2) is 42.7 Å². The van der Waals surface area contributed by atoms with E-state index in [2.05, 4.69) is 27.2 Å². The summed E-state index contributed by atoms with van der Waals surface area (Å²) in [7, 11) is 2.07. The van der Waals surface area contributed by atoms with Gasteiger partial charge in [-0.3, -0.25) is 4.90 Å². The first-order chi connectivity index (χ1) is 14.9. The Morgan fingerprint density at radius 1 is 1.19 bits per heavy atom. The number of ether oxygens (including phenoxy) is 1. The molecule has 2 saturated heterocycles. The molecule has 9 heteroatoms. The highest BCUT2D eigenvalue weighted by Crippen LogP contribution is 2.37. The van der Waals surface area contributed by atoms with Crippen molar-refractivity contribution in [1.82, 2.24) is 14.9 Å². The van der Waals surface area contributed by atoms with E-state index in [4.69, 9.17) is 16.3 Å². The number of rotatable bonds is 3. The molecule has 31 heavy (non-hydrogen) atoms. The first-order valence-electron chi connectivity index (χ1n) is 10.1. The van der Waals surface area contributed by atoms with Crippen molar-refractivity contribution in [3.05, 3.63) is 53.6 Å². The molecule has 2 fully saturated rings. The number of carbonyl (C=O) groups excluding carboxylic acids is 1. The van der Waals surface area contributed by atoms with E-state index in [-0.39, 0.29) is 16.8 Å². The molecule has 0 radical (unpaired) electrons. The molecular formula is C22H21ClFN5O2. The van der Waals surface area contributed by atoms with Gasteiger partial charge in [-0.25, -0.2) is 19.2 Å². The Hall–Kier alpha value is -2.97. The molecule has 3 aromatic rings. The number of halogens is 2. The Kier molecular flexibility index (Phi) is 4.91. The number of anilines is 3. The van der Waals surface area contributed by atoms with Crippen LogP contribution < -0.4 is 10.2 Å². The monoisotopic (exact) mass is 441 g/mol. The molecule has 0 atom stereocenters. The number of piperidine rings is 1. The number of nitrogens with zero attached hydrogens (tertiary/aromatic N) is 4. The lowest BCUT2D eigenvalue weighted by Gasteiger charge is -2.35. The highest BCUT2D eigenvalue weighted by molar-refractivity contribution is 6.31. The number of amides is 1. The molecule has 1 aromatic heterocycles. The van der Waals surface area contributed by atoms with Crippen molar-refractivity contribution in [3.63, 3.8) is 0 Å².